The van der Waals surface area contributed by atoms with E-state index in [9.17, 15) is 0 Å². The molecular formula is C8H11N3. The van der Waals surface area contributed by atoms with Crippen molar-refractivity contribution in [2.45, 2.75) is 6.92 Å². The van der Waals surface area contributed by atoms with Gasteiger partial charge in [-0.25, -0.2) is 0 Å². The molecule has 0 bridgehead atoms. The maximum absolute atomic E-state index is 6.63. The summed E-state index contributed by atoms with van der Waals surface area (Å²) >= 11 is 0. The highest BCUT2D eigenvalue weighted by atomic mass is 15.2. The van der Waals surface area contributed by atoms with Crippen LogP contribution in [-0.4, -0.2) is 18.6 Å². The Bertz CT molecular complexity index is 199. The summed E-state index contributed by atoms with van der Waals surface area (Å²) in [5.74, 6) is 0. The summed E-state index contributed by atoms with van der Waals surface area (Å²) < 4.78 is 0. The number of hydrogen-bond donors (Lipinski definition) is 1. The van der Waals surface area contributed by atoms with Crippen molar-refractivity contribution in [3.05, 3.63) is 24.3 Å². The standard InChI is InChI=1S/C8H11N3/c1-2-3-7-10-11-8-5-4-6-9/h2-9H,1H3/b3-2+,5-4+,9-6?,10-7-,11-8-. The van der Waals surface area contributed by atoms with Crippen molar-refractivity contribution in [1.82, 2.24) is 0 Å². The molecule has 0 aromatic heterocycles. The van der Waals surface area contributed by atoms with Crippen molar-refractivity contribution in [2.24, 2.45) is 10.2 Å². The van der Waals surface area contributed by atoms with E-state index in [2.05, 4.69) is 10.2 Å². The fourth-order valence-electron chi connectivity index (χ4n) is 0.345. The van der Waals surface area contributed by atoms with Crippen LogP contribution in [-0.2, 0) is 0 Å². The average Bonchev–Trinajstić information content (AvgIpc) is 2.03. The zero-order valence-corrected chi connectivity index (χ0v) is 6.44. The molecule has 0 aromatic rings. The van der Waals surface area contributed by atoms with Gasteiger partial charge in [0.2, 0.25) is 0 Å². The molecule has 3 nitrogen and oxygen atoms in total. The summed E-state index contributed by atoms with van der Waals surface area (Å²) in [5.41, 5.74) is 0. The van der Waals surface area contributed by atoms with Crippen LogP contribution in [0, 0.1) is 5.41 Å². The van der Waals surface area contributed by atoms with Crippen LogP contribution >= 0.6 is 0 Å². The van der Waals surface area contributed by atoms with E-state index < -0.39 is 0 Å². The molecule has 0 rings (SSSR count). The Morgan fingerprint density at radius 2 is 1.64 bits per heavy atom. The molecule has 3 heteroatoms. The van der Waals surface area contributed by atoms with E-state index in [-0.39, 0.29) is 0 Å². The first kappa shape index (κ1) is 9.49. The predicted octanol–water partition coefficient (Wildman–Crippen LogP) is 1.82. The molecule has 1 N–H and O–H groups in total. The van der Waals surface area contributed by atoms with Crippen LogP contribution in [0.15, 0.2) is 34.5 Å². The third kappa shape index (κ3) is 8.49. The van der Waals surface area contributed by atoms with Gasteiger partial charge in [0.15, 0.2) is 0 Å². The van der Waals surface area contributed by atoms with E-state index in [0.717, 1.165) is 0 Å². The van der Waals surface area contributed by atoms with Crippen molar-refractivity contribution in [3.8, 4) is 0 Å². The van der Waals surface area contributed by atoms with Crippen LogP contribution in [0.2, 0.25) is 0 Å². The van der Waals surface area contributed by atoms with Crippen molar-refractivity contribution in [3.63, 3.8) is 0 Å². The first-order chi connectivity index (χ1) is 5.41. The van der Waals surface area contributed by atoms with Crippen LogP contribution in [0.25, 0.3) is 0 Å². The Morgan fingerprint density at radius 1 is 1.00 bits per heavy atom. The first-order valence-electron chi connectivity index (χ1n) is 3.25. The Labute approximate surface area is 66.4 Å². The van der Waals surface area contributed by atoms with E-state index in [1.807, 2.05) is 13.0 Å². The highest BCUT2D eigenvalue weighted by molar-refractivity contribution is 5.80. The lowest BCUT2D eigenvalue weighted by atomic mass is 10.5. The summed E-state index contributed by atoms with van der Waals surface area (Å²) in [6, 6.07) is 0. The molecule has 0 saturated heterocycles. The number of nitrogens with zero attached hydrogens (tertiary/aromatic N) is 2. The van der Waals surface area contributed by atoms with E-state index in [4.69, 9.17) is 5.41 Å². The van der Waals surface area contributed by atoms with E-state index in [0.29, 0.717) is 0 Å². The highest BCUT2D eigenvalue weighted by Crippen LogP contribution is 1.70. The summed E-state index contributed by atoms with van der Waals surface area (Å²) in [7, 11) is 0. The van der Waals surface area contributed by atoms with Crippen LogP contribution in [0.3, 0.4) is 0 Å². The van der Waals surface area contributed by atoms with Gasteiger partial charge in [0.25, 0.3) is 0 Å². The largest absolute Gasteiger partial charge is 0.309 e. The molecule has 0 amide bonds. The number of allylic oxidation sites excluding steroid dienone is 4. The van der Waals surface area contributed by atoms with Gasteiger partial charge < -0.3 is 5.41 Å². The Morgan fingerprint density at radius 3 is 2.18 bits per heavy atom. The molecule has 0 aromatic carbocycles. The maximum atomic E-state index is 6.63. The van der Waals surface area contributed by atoms with Crippen LogP contribution in [0.1, 0.15) is 6.92 Å². The summed E-state index contributed by atoms with van der Waals surface area (Å²) in [6.07, 6.45) is 11.2. The van der Waals surface area contributed by atoms with E-state index in [1.165, 1.54) is 12.4 Å². The molecule has 11 heavy (non-hydrogen) atoms. The van der Waals surface area contributed by atoms with Crippen LogP contribution in [0.5, 0.6) is 0 Å². The first-order valence-corrected chi connectivity index (χ1v) is 3.25. The molecule has 0 fully saturated rings. The fourth-order valence-corrected chi connectivity index (χ4v) is 0.345. The molecule has 58 valence electrons. The van der Waals surface area contributed by atoms with Crippen molar-refractivity contribution in [1.29, 1.82) is 5.41 Å². The lowest BCUT2D eigenvalue weighted by Gasteiger charge is -1.71. The second-order valence-corrected chi connectivity index (χ2v) is 1.61. The summed E-state index contributed by atoms with van der Waals surface area (Å²) in [5, 5.41) is 13.9. The fraction of sp³-hybridized carbons (Fsp3) is 0.125. The van der Waals surface area contributed by atoms with Crippen molar-refractivity contribution in [2.75, 3.05) is 0 Å². The maximum Gasteiger partial charge on any atom is 0.0496 e. The smallest absolute Gasteiger partial charge is 0.0496 e. The molecular weight excluding hydrogens is 138 g/mol. The second kappa shape index (κ2) is 8.49. The van der Waals surface area contributed by atoms with Crippen molar-refractivity contribution < 1.29 is 0 Å². The number of rotatable bonds is 4. The third-order valence-electron chi connectivity index (χ3n) is 0.772. The molecule has 0 spiro atoms. The normalized spacial score (nSPS) is 12.8. The van der Waals surface area contributed by atoms with Gasteiger partial charge >= 0.3 is 0 Å². The molecule has 0 aliphatic carbocycles. The SMILES string of the molecule is C/C=C/C=N\N=C/C=C/C=N. The van der Waals surface area contributed by atoms with E-state index >= 15 is 0 Å². The number of hydrogen-bond acceptors (Lipinski definition) is 3. The summed E-state index contributed by atoms with van der Waals surface area (Å²) in [6.45, 7) is 1.91. The van der Waals surface area contributed by atoms with Crippen LogP contribution in [0.4, 0.5) is 0 Å². The van der Waals surface area contributed by atoms with Gasteiger partial charge in [-0.1, -0.05) is 6.08 Å². The molecule has 0 radical (unpaired) electrons. The Balaban J connectivity index is 3.59. The minimum absolute atomic E-state index is 1.18. The number of nitrogens with one attached hydrogen (secondary N) is 1. The van der Waals surface area contributed by atoms with Crippen LogP contribution < -0.4 is 0 Å². The second-order valence-electron chi connectivity index (χ2n) is 1.61. The average molecular weight is 149 g/mol. The molecule has 0 aliphatic rings. The lowest BCUT2D eigenvalue weighted by molar-refractivity contribution is 1.27. The Kier molecular flexibility index (Phi) is 7.32. The topological polar surface area (TPSA) is 48.6 Å². The predicted molar refractivity (Wildman–Crippen MR) is 49.7 cm³/mol. The molecule has 0 unspecified atom stereocenters. The van der Waals surface area contributed by atoms with Gasteiger partial charge in [-0.2, -0.15) is 10.2 Å². The quantitative estimate of drug-likeness (QED) is 0.468. The van der Waals surface area contributed by atoms with Gasteiger partial charge in [-0.05, 0) is 25.2 Å². The third-order valence-corrected chi connectivity index (χ3v) is 0.772. The zero-order chi connectivity index (χ0) is 8.36. The molecule has 0 aliphatic heterocycles. The minimum Gasteiger partial charge on any atom is -0.309 e. The Hall–Kier alpha value is -1.51. The van der Waals surface area contributed by atoms with Gasteiger partial charge in [-0.15, -0.1) is 0 Å². The minimum atomic E-state index is 1.18. The highest BCUT2D eigenvalue weighted by Gasteiger charge is 1.61. The van der Waals surface area contributed by atoms with E-state index in [1.54, 1.807) is 24.4 Å². The van der Waals surface area contributed by atoms with Gasteiger partial charge in [0, 0.05) is 18.6 Å². The summed E-state index contributed by atoms with van der Waals surface area (Å²) in [4.78, 5) is 0. The molecule has 0 atom stereocenters. The van der Waals surface area contributed by atoms with Crippen molar-refractivity contribution >= 4 is 18.6 Å². The molecule has 0 heterocycles. The van der Waals surface area contributed by atoms with Gasteiger partial charge in [-0.3, -0.25) is 0 Å². The van der Waals surface area contributed by atoms with Gasteiger partial charge in [0.1, 0.15) is 0 Å². The molecule has 0 saturated carbocycles. The lowest BCUT2D eigenvalue weighted by Crippen LogP contribution is -1.65. The zero-order valence-electron chi connectivity index (χ0n) is 6.44. The monoisotopic (exact) mass is 149 g/mol. The van der Waals surface area contributed by atoms with Gasteiger partial charge in [0.05, 0.1) is 0 Å².